The lowest BCUT2D eigenvalue weighted by Crippen LogP contribution is -2.56. The molecule has 2 aromatic rings. The number of aliphatic hydroxyl groups excluding tert-OH is 1. The predicted octanol–water partition coefficient (Wildman–Crippen LogP) is 0.651. The van der Waals surface area contributed by atoms with E-state index in [1.54, 1.807) is 6.92 Å². The number of fused-ring (bicyclic) bond motifs is 5. The Kier molecular flexibility index (Phi) is 6.00. The maximum absolute atomic E-state index is 13.2. The number of hydrogen-bond donors (Lipinski definition) is 7. The first kappa shape index (κ1) is 24.2. The molecule has 13 heteroatoms. The SMILES string of the molecule is CO[C@H]1[C@@H]2OC(=O)c3cc(O)c(O)c(O)c3-c3c(cc(O)c(O)c3O)C(=O)OC[C@@H](O2)[C@@H](C)[C@@H]1O. The molecular weight excluding hydrogens is 472 g/mol. The van der Waals surface area contributed by atoms with Crippen LogP contribution in [0, 0.1) is 5.92 Å². The van der Waals surface area contributed by atoms with Crippen LogP contribution in [0.15, 0.2) is 12.1 Å². The van der Waals surface area contributed by atoms with Crippen LogP contribution < -0.4 is 0 Å². The van der Waals surface area contributed by atoms with E-state index in [-0.39, 0.29) is 0 Å². The molecular formula is C22H22O13. The number of phenols is 6. The molecule has 2 bridgehead atoms. The summed E-state index contributed by atoms with van der Waals surface area (Å²) in [6, 6.07) is 1.39. The minimum absolute atomic E-state index is 0.469. The van der Waals surface area contributed by atoms with Crippen LogP contribution in [0.4, 0.5) is 0 Å². The van der Waals surface area contributed by atoms with E-state index in [4.69, 9.17) is 18.9 Å². The number of cyclic esters (lactones) is 1. The molecule has 1 saturated heterocycles. The summed E-state index contributed by atoms with van der Waals surface area (Å²) in [5.74, 6) is -9.56. The van der Waals surface area contributed by atoms with E-state index in [9.17, 15) is 45.3 Å². The molecule has 7 N–H and O–H groups in total. The Balaban J connectivity index is 2.02. The zero-order valence-electron chi connectivity index (χ0n) is 18.3. The topological polar surface area (TPSA) is 213 Å². The van der Waals surface area contributed by atoms with Gasteiger partial charge in [-0.2, -0.15) is 0 Å². The number of benzene rings is 2. The van der Waals surface area contributed by atoms with Gasteiger partial charge in [0.25, 0.3) is 0 Å². The summed E-state index contributed by atoms with van der Waals surface area (Å²) in [6.07, 6.45) is -4.92. The smallest absolute Gasteiger partial charge is 0.341 e. The number of ether oxygens (including phenoxy) is 4. The average Bonchev–Trinajstić information content (AvgIpc) is 2.82. The standard InChI is InChI=1S/C22H22O13/c1-6-11-5-33-20(30)7-3-9(23)15(26)17(28)12(7)13-8(4-10(24)16(27)18(13)29)21(31)35-22(34-11)19(32-2)14(6)25/h3-4,6,11,14,19,22-29H,5H2,1-2H3/t6-,11-,14+,19-,22+/m1/s1. The Bertz CT molecular complexity index is 1210. The summed E-state index contributed by atoms with van der Waals surface area (Å²) in [5, 5.41) is 72.0. The van der Waals surface area contributed by atoms with E-state index in [1.165, 1.54) is 7.11 Å². The van der Waals surface area contributed by atoms with Gasteiger partial charge in [-0.05, 0) is 12.1 Å². The molecule has 13 nitrogen and oxygen atoms in total. The molecule has 5 atom stereocenters. The number of carbonyl (C=O) groups is 2. The molecule has 2 heterocycles. The Hall–Kier alpha value is -3.94. The molecule has 0 aromatic heterocycles. The van der Waals surface area contributed by atoms with Crippen LogP contribution in [0.25, 0.3) is 11.1 Å². The van der Waals surface area contributed by atoms with E-state index >= 15 is 0 Å². The summed E-state index contributed by atoms with van der Waals surface area (Å²) < 4.78 is 21.5. The zero-order valence-corrected chi connectivity index (χ0v) is 18.3. The van der Waals surface area contributed by atoms with Crippen molar-refractivity contribution in [2.75, 3.05) is 13.7 Å². The summed E-state index contributed by atoms with van der Waals surface area (Å²) >= 11 is 0. The van der Waals surface area contributed by atoms with Crippen LogP contribution in [0.2, 0.25) is 0 Å². The summed E-state index contributed by atoms with van der Waals surface area (Å²) in [6.45, 7) is 1.11. The number of aromatic hydroxyl groups is 6. The Morgan fingerprint density at radius 1 is 0.857 bits per heavy atom. The van der Waals surface area contributed by atoms with Gasteiger partial charge in [-0.15, -0.1) is 0 Å². The van der Waals surface area contributed by atoms with Crippen LogP contribution in [0.3, 0.4) is 0 Å². The third-order valence-corrected chi connectivity index (χ3v) is 6.11. The van der Waals surface area contributed by atoms with Crippen molar-refractivity contribution in [2.24, 2.45) is 5.92 Å². The fourth-order valence-electron chi connectivity index (χ4n) is 4.11. The third-order valence-electron chi connectivity index (χ3n) is 6.11. The summed E-state index contributed by atoms with van der Waals surface area (Å²) in [5.41, 5.74) is -2.74. The molecule has 2 aromatic carbocycles. The van der Waals surface area contributed by atoms with Crippen molar-refractivity contribution in [1.29, 1.82) is 0 Å². The molecule has 0 saturated carbocycles. The third kappa shape index (κ3) is 3.79. The predicted molar refractivity (Wildman–Crippen MR) is 112 cm³/mol. The van der Waals surface area contributed by atoms with Crippen molar-refractivity contribution >= 4 is 11.9 Å². The highest BCUT2D eigenvalue weighted by atomic mass is 16.7. The normalized spacial score (nSPS) is 26.4. The van der Waals surface area contributed by atoms with Crippen LogP contribution in [0.5, 0.6) is 34.5 Å². The van der Waals surface area contributed by atoms with Gasteiger partial charge in [-0.25, -0.2) is 9.59 Å². The highest BCUT2D eigenvalue weighted by Crippen LogP contribution is 2.52. The molecule has 188 valence electrons. The van der Waals surface area contributed by atoms with Crippen molar-refractivity contribution in [3.63, 3.8) is 0 Å². The largest absolute Gasteiger partial charge is 0.504 e. The monoisotopic (exact) mass is 494 g/mol. The van der Waals surface area contributed by atoms with Gasteiger partial charge < -0.3 is 54.7 Å². The van der Waals surface area contributed by atoms with E-state index in [0.29, 0.717) is 12.1 Å². The molecule has 0 radical (unpaired) electrons. The van der Waals surface area contributed by atoms with Crippen LogP contribution in [0.1, 0.15) is 27.6 Å². The second-order valence-electron chi connectivity index (χ2n) is 8.13. The van der Waals surface area contributed by atoms with Gasteiger partial charge in [-0.1, -0.05) is 6.92 Å². The van der Waals surface area contributed by atoms with Gasteiger partial charge in [0.1, 0.15) is 18.8 Å². The van der Waals surface area contributed by atoms with Gasteiger partial charge in [0.05, 0.1) is 17.2 Å². The summed E-state index contributed by atoms with van der Waals surface area (Å²) in [4.78, 5) is 26.2. The minimum Gasteiger partial charge on any atom is -0.504 e. The van der Waals surface area contributed by atoms with Crippen LogP contribution >= 0.6 is 0 Å². The number of methoxy groups -OCH3 is 1. The Morgan fingerprint density at radius 3 is 1.89 bits per heavy atom. The second kappa shape index (κ2) is 8.69. The molecule has 4 rings (SSSR count). The number of esters is 2. The van der Waals surface area contributed by atoms with Gasteiger partial charge >= 0.3 is 11.9 Å². The first-order valence-electron chi connectivity index (χ1n) is 10.3. The number of phenolic OH excluding ortho intramolecular Hbond substituents is 6. The lowest BCUT2D eigenvalue weighted by atomic mass is 9.90. The number of aliphatic hydroxyl groups is 1. The van der Waals surface area contributed by atoms with Crippen molar-refractivity contribution in [3.8, 4) is 45.6 Å². The zero-order chi connectivity index (χ0) is 25.8. The first-order valence-corrected chi connectivity index (χ1v) is 10.3. The maximum atomic E-state index is 13.2. The van der Waals surface area contributed by atoms with Crippen LogP contribution in [-0.2, 0) is 18.9 Å². The maximum Gasteiger partial charge on any atom is 0.341 e. The lowest BCUT2D eigenvalue weighted by molar-refractivity contribution is -0.275. The van der Waals surface area contributed by atoms with E-state index in [1.807, 2.05) is 0 Å². The molecule has 2 aliphatic heterocycles. The number of rotatable bonds is 1. The fourth-order valence-corrected chi connectivity index (χ4v) is 4.11. The quantitative estimate of drug-likeness (QED) is 0.215. The van der Waals surface area contributed by atoms with E-state index < -0.39 is 106 Å². The van der Waals surface area contributed by atoms with Gasteiger partial charge in [0.15, 0.2) is 23.0 Å². The minimum atomic E-state index is -1.53. The van der Waals surface area contributed by atoms with Gasteiger partial charge in [0, 0.05) is 24.2 Å². The second-order valence-corrected chi connectivity index (χ2v) is 8.13. The molecule has 0 aliphatic carbocycles. The highest BCUT2D eigenvalue weighted by molar-refractivity contribution is 6.08. The van der Waals surface area contributed by atoms with Crippen LogP contribution in [-0.4, -0.2) is 86.0 Å². The van der Waals surface area contributed by atoms with E-state index in [0.717, 1.165) is 0 Å². The van der Waals surface area contributed by atoms with Crippen molar-refractivity contribution in [1.82, 2.24) is 0 Å². The molecule has 0 unspecified atom stereocenters. The van der Waals surface area contributed by atoms with Crippen molar-refractivity contribution in [3.05, 3.63) is 23.3 Å². The van der Waals surface area contributed by atoms with Crippen molar-refractivity contribution < 1.29 is 64.3 Å². The molecule has 1 fully saturated rings. The average molecular weight is 494 g/mol. The summed E-state index contributed by atoms with van der Waals surface area (Å²) in [7, 11) is 1.24. The molecule has 2 aliphatic rings. The van der Waals surface area contributed by atoms with E-state index in [2.05, 4.69) is 0 Å². The lowest BCUT2D eigenvalue weighted by Gasteiger charge is -2.42. The first-order chi connectivity index (χ1) is 16.5. The molecule has 0 spiro atoms. The Morgan fingerprint density at radius 2 is 1.37 bits per heavy atom. The van der Waals surface area contributed by atoms with Crippen molar-refractivity contribution in [2.45, 2.75) is 31.5 Å². The highest BCUT2D eigenvalue weighted by Gasteiger charge is 2.46. The Labute approximate surface area is 196 Å². The van der Waals surface area contributed by atoms with Gasteiger partial charge in [-0.3, -0.25) is 0 Å². The molecule has 0 amide bonds. The van der Waals surface area contributed by atoms with Gasteiger partial charge in [0.2, 0.25) is 17.8 Å². The number of hydrogen-bond acceptors (Lipinski definition) is 13. The number of carbonyl (C=O) groups excluding carboxylic acids is 2. The fraction of sp³-hybridized carbons (Fsp3) is 0.364. The molecule has 35 heavy (non-hydrogen) atoms.